The van der Waals surface area contributed by atoms with Gasteiger partial charge in [0.2, 0.25) is 0 Å². The van der Waals surface area contributed by atoms with Crippen LogP contribution in [0.2, 0.25) is 0 Å². The van der Waals surface area contributed by atoms with Gasteiger partial charge in [-0.2, -0.15) is 0 Å². The second kappa shape index (κ2) is 25.7. The smallest absolute Gasteiger partial charge is 0.550 e. The molecular formula is C22H38Na2O4. The molecule has 0 rings (SSSR count). The molecule has 0 radical (unpaired) electrons. The monoisotopic (exact) mass is 412 g/mol. The van der Waals surface area contributed by atoms with Crippen molar-refractivity contribution in [2.45, 2.75) is 110 Å². The fourth-order valence-corrected chi connectivity index (χ4v) is 3.13. The predicted molar refractivity (Wildman–Crippen MR) is 102 cm³/mol. The van der Waals surface area contributed by atoms with Gasteiger partial charge in [-0.3, -0.25) is 0 Å². The van der Waals surface area contributed by atoms with Crippen molar-refractivity contribution in [3.05, 3.63) is 12.2 Å². The van der Waals surface area contributed by atoms with Crippen molar-refractivity contribution in [3.8, 4) is 0 Å². The second-order valence-electron chi connectivity index (χ2n) is 7.31. The number of carboxylic acid groups (broad SMARTS) is 2. The molecular weight excluding hydrogens is 374 g/mol. The fourth-order valence-electron chi connectivity index (χ4n) is 3.13. The predicted octanol–water partition coefficient (Wildman–Crippen LogP) is -2.07. The van der Waals surface area contributed by atoms with Gasteiger partial charge in [0.25, 0.3) is 0 Å². The summed E-state index contributed by atoms with van der Waals surface area (Å²) in [5, 5.41) is 21.2. The Balaban J connectivity index is -0.00000312. The standard InChI is InChI=1S/C22H40O4.2Na/c1-2-3-4-5-6-7-8-9-10-11-12-13-14-15-16-17-18-20(22(25)26)19-21(23)24;;/h17-18,20H,2-16,19H2,1H3,(H,23,24)(H,25,26);;/q;2*+1/p-2. The zero-order valence-electron chi connectivity index (χ0n) is 18.7. The van der Waals surface area contributed by atoms with Crippen molar-refractivity contribution in [2.75, 3.05) is 0 Å². The van der Waals surface area contributed by atoms with E-state index < -0.39 is 24.3 Å². The van der Waals surface area contributed by atoms with E-state index in [2.05, 4.69) is 6.92 Å². The van der Waals surface area contributed by atoms with Gasteiger partial charge < -0.3 is 19.8 Å². The first-order valence-corrected chi connectivity index (χ1v) is 10.6. The number of carboxylic acids is 2. The van der Waals surface area contributed by atoms with Gasteiger partial charge in [0.15, 0.2) is 0 Å². The largest absolute Gasteiger partial charge is 1.00 e. The van der Waals surface area contributed by atoms with Crippen LogP contribution in [0.4, 0.5) is 0 Å². The van der Waals surface area contributed by atoms with Crippen LogP contribution in [-0.4, -0.2) is 11.9 Å². The number of rotatable bonds is 19. The number of carbonyl (C=O) groups excluding carboxylic acids is 2. The third-order valence-corrected chi connectivity index (χ3v) is 4.78. The Bertz CT molecular complexity index is 387. The first kappa shape index (κ1) is 33.3. The van der Waals surface area contributed by atoms with E-state index in [1.807, 2.05) is 0 Å². The molecule has 0 amide bonds. The number of carbonyl (C=O) groups is 2. The number of allylic oxidation sites excluding steroid dienone is 1. The van der Waals surface area contributed by atoms with Gasteiger partial charge in [-0.05, 0) is 19.3 Å². The molecule has 0 fully saturated rings. The van der Waals surface area contributed by atoms with Crippen LogP contribution in [0.15, 0.2) is 12.2 Å². The van der Waals surface area contributed by atoms with Gasteiger partial charge in [-0.25, -0.2) is 0 Å². The van der Waals surface area contributed by atoms with Crippen LogP contribution in [0.5, 0.6) is 0 Å². The van der Waals surface area contributed by atoms with E-state index in [1.165, 1.54) is 83.1 Å². The maximum atomic E-state index is 10.8. The normalized spacial score (nSPS) is 11.6. The molecule has 0 aliphatic rings. The number of hydrogen-bond acceptors (Lipinski definition) is 4. The molecule has 0 aliphatic carbocycles. The molecule has 0 saturated carbocycles. The summed E-state index contributed by atoms with van der Waals surface area (Å²) in [4.78, 5) is 21.2. The van der Waals surface area contributed by atoms with E-state index >= 15 is 0 Å². The minimum atomic E-state index is -1.36. The molecule has 0 aromatic heterocycles. The van der Waals surface area contributed by atoms with E-state index in [9.17, 15) is 19.8 Å². The third kappa shape index (κ3) is 24.7. The molecule has 0 aromatic carbocycles. The van der Waals surface area contributed by atoms with Crippen LogP contribution in [0.25, 0.3) is 0 Å². The van der Waals surface area contributed by atoms with Crippen molar-refractivity contribution in [2.24, 2.45) is 5.92 Å². The molecule has 0 aliphatic heterocycles. The Morgan fingerprint density at radius 3 is 1.46 bits per heavy atom. The van der Waals surface area contributed by atoms with Crippen molar-refractivity contribution in [3.63, 3.8) is 0 Å². The van der Waals surface area contributed by atoms with Gasteiger partial charge in [0, 0.05) is 17.9 Å². The van der Waals surface area contributed by atoms with Crippen LogP contribution in [0, 0.1) is 5.92 Å². The molecule has 1 unspecified atom stereocenters. The molecule has 1 atom stereocenters. The Labute approximate surface area is 216 Å². The summed E-state index contributed by atoms with van der Waals surface area (Å²) in [5.41, 5.74) is 0. The molecule has 152 valence electrons. The van der Waals surface area contributed by atoms with Crippen LogP contribution in [-0.2, 0) is 9.59 Å². The molecule has 4 nitrogen and oxygen atoms in total. The average Bonchev–Trinajstić information content (AvgIpc) is 2.59. The van der Waals surface area contributed by atoms with Crippen LogP contribution >= 0.6 is 0 Å². The van der Waals surface area contributed by atoms with Crippen molar-refractivity contribution in [1.29, 1.82) is 0 Å². The molecule has 0 aromatic rings. The Morgan fingerprint density at radius 1 is 0.714 bits per heavy atom. The van der Waals surface area contributed by atoms with Gasteiger partial charge in [-0.1, -0.05) is 103 Å². The number of unbranched alkanes of at least 4 members (excludes halogenated alkanes) is 14. The molecule has 6 heteroatoms. The van der Waals surface area contributed by atoms with Gasteiger partial charge in [0.1, 0.15) is 0 Å². The zero-order valence-corrected chi connectivity index (χ0v) is 22.7. The third-order valence-electron chi connectivity index (χ3n) is 4.78. The van der Waals surface area contributed by atoms with Crippen molar-refractivity contribution < 1.29 is 78.9 Å². The van der Waals surface area contributed by atoms with E-state index in [0.717, 1.165) is 19.3 Å². The minimum absolute atomic E-state index is 0. The van der Waals surface area contributed by atoms with Gasteiger partial charge in [-0.15, -0.1) is 0 Å². The van der Waals surface area contributed by atoms with E-state index in [-0.39, 0.29) is 59.1 Å². The van der Waals surface area contributed by atoms with Crippen molar-refractivity contribution in [1.82, 2.24) is 0 Å². The molecule has 0 saturated heterocycles. The summed E-state index contributed by atoms with van der Waals surface area (Å²) in [5.74, 6) is -3.79. The van der Waals surface area contributed by atoms with Gasteiger partial charge >= 0.3 is 59.1 Å². The van der Waals surface area contributed by atoms with Crippen molar-refractivity contribution >= 4 is 11.9 Å². The Morgan fingerprint density at radius 2 is 1.11 bits per heavy atom. The van der Waals surface area contributed by atoms with E-state index in [1.54, 1.807) is 6.08 Å². The summed E-state index contributed by atoms with van der Waals surface area (Å²) >= 11 is 0. The fraction of sp³-hybridized carbons (Fsp3) is 0.818. The summed E-state index contributed by atoms with van der Waals surface area (Å²) in [6, 6.07) is 0. The Kier molecular flexibility index (Phi) is 30.6. The van der Waals surface area contributed by atoms with E-state index in [0.29, 0.717) is 0 Å². The van der Waals surface area contributed by atoms with Crippen LogP contribution in [0.1, 0.15) is 110 Å². The topological polar surface area (TPSA) is 80.3 Å². The molecule has 0 bridgehead atoms. The molecule has 0 N–H and O–H groups in total. The van der Waals surface area contributed by atoms with Gasteiger partial charge in [0.05, 0.1) is 0 Å². The second-order valence-corrected chi connectivity index (χ2v) is 7.31. The molecule has 28 heavy (non-hydrogen) atoms. The first-order chi connectivity index (χ1) is 12.6. The SMILES string of the molecule is CCCCCCCCCCCCCCCCC=CC(CC(=O)[O-])C(=O)[O-].[Na+].[Na+]. The molecule has 0 heterocycles. The Hall–Kier alpha value is 0.680. The number of hydrogen-bond donors (Lipinski definition) is 0. The number of aliphatic carboxylic acids is 2. The molecule has 0 spiro atoms. The first-order valence-electron chi connectivity index (χ1n) is 10.6. The van der Waals surface area contributed by atoms with Crippen LogP contribution < -0.4 is 69.3 Å². The maximum absolute atomic E-state index is 10.8. The maximum Gasteiger partial charge on any atom is 1.00 e. The average molecular weight is 413 g/mol. The van der Waals surface area contributed by atoms with Crippen LogP contribution in [0.3, 0.4) is 0 Å². The quantitative estimate of drug-likeness (QED) is 0.139. The summed E-state index contributed by atoms with van der Waals surface area (Å²) in [6.07, 6.45) is 21.8. The zero-order chi connectivity index (χ0) is 19.5. The summed E-state index contributed by atoms with van der Waals surface area (Å²) in [7, 11) is 0. The summed E-state index contributed by atoms with van der Waals surface area (Å²) in [6.45, 7) is 2.25. The minimum Gasteiger partial charge on any atom is -0.550 e. The van der Waals surface area contributed by atoms with E-state index in [4.69, 9.17) is 0 Å². The summed E-state index contributed by atoms with van der Waals surface area (Å²) < 4.78 is 0.